The van der Waals surface area contributed by atoms with Crippen molar-refractivity contribution in [1.29, 1.82) is 0 Å². The van der Waals surface area contributed by atoms with Crippen LogP contribution in [0.5, 0.6) is 0 Å². The number of amides is 1. The minimum absolute atomic E-state index is 0.0187. The normalized spacial score (nSPS) is 10.9. The first kappa shape index (κ1) is 21.1. The number of nitrogens with two attached hydrogens (primary N) is 1. The van der Waals surface area contributed by atoms with Crippen molar-refractivity contribution in [3.63, 3.8) is 0 Å². The summed E-state index contributed by atoms with van der Waals surface area (Å²) in [7, 11) is 0. The van der Waals surface area contributed by atoms with Crippen molar-refractivity contribution >= 4 is 11.6 Å². The Morgan fingerprint density at radius 3 is 1.94 bits per heavy atom. The lowest BCUT2D eigenvalue weighted by Crippen LogP contribution is -2.15. The third-order valence-electron chi connectivity index (χ3n) is 5.77. The molecule has 2 N–H and O–H groups in total. The van der Waals surface area contributed by atoms with Gasteiger partial charge in [-0.3, -0.25) is 14.9 Å². The van der Waals surface area contributed by atoms with E-state index < -0.39 is 10.8 Å². The van der Waals surface area contributed by atoms with Gasteiger partial charge >= 0.3 is 0 Å². The molecule has 0 spiro atoms. The molecular weight excluding hydrogens is 402 g/mol. The van der Waals surface area contributed by atoms with Crippen molar-refractivity contribution in [3.05, 3.63) is 123 Å². The van der Waals surface area contributed by atoms with E-state index in [2.05, 4.69) is 28.8 Å². The van der Waals surface area contributed by atoms with Gasteiger partial charge in [-0.2, -0.15) is 0 Å². The van der Waals surface area contributed by atoms with Gasteiger partial charge in [0.15, 0.2) is 0 Å². The molecule has 0 bridgehead atoms. The van der Waals surface area contributed by atoms with Crippen LogP contribution < -0.4 is 5.73 Å². The number of primary amides is 1. The van der Waals surface area contributed by atoms with E-state index >= 15 is 0 Å². The molecule has 160 valence electrons. The number of nitro groups is 1. The van der Waals surface area contributed by atoms with Crippen LogP contribution in [0, 0.1) is 17.0 Å². The van der Waals surface area contributed by atoms with E-state index in [1.807, 2.05) is 43.3 Å². The van der Waals surface area contributed by atoms with Gasteiger partial charge in [-0.1, -0.05) is 60.7 Å². The summed E-state index contributed by atoms with van der Waals surface area (Å²) in [5.41, 5.74) is 10.8. The second kappa shape index (κ2) is 8.89. The van der Waals surface area contributed by atoms with E-state index in [1.54, 1.807) is 18.2 Å². The zero-order valence-electron chi connectivity index (χ0n) is 17.6. The van der Waals surface area contributed by atoms with Crippen molar-refractivity contribution in [2.75, 3.05) is 0 Å². The molecule has 4 rings (SSSR count). The van der Waals surface area contributed by atoms with Crippen LogP contribution in [0.2, 0.25) is 0 Å². The Morgan fingerprint density at radius 2 is 1.47 bits per heavy atom. The van der Waals surface area contributed by atoms with Crippen molar-refractivity contribution in [1.82, 2.24) is 4.57 Å². The summed E-state index contributed by atoms with van der Waals surface area (Å²) in [6.07, 6.45) is 0. The van der Waals surface area contributed by atoms with Crippen molar-refractivity contribution in [3.8, 4) is 11.3 Å². The van der Waals surface area contributed by atoms with E-state index in [-0.39, 0.29) is 11.6 Å². The molecule has 1 heterocycles. The van der Waals surface area contributed by atoms with Gasteiger partial charge < -0.3 is 10.3 Å². The number of aromatic nitrogens is 1. The molecule has 0 fully saturated rings. The number of carbonyl (C=O) groups is 1. The molecule has 0 saturated heterocycles. The van der Waals surface area contributed by atoms with Crippen molar-refractivity contribution < 1.29 is 9.72 Å². The van der Waals surface area contributed by atoms with Crippen LogP contribution >= 0.6 is 0 Å². The van der Waals surface area contributed by atoms with Crippen LogP contribution in [0.15, 0.2) is 91.0 Å². The zero-order chi connectivity index (χ0) is 22.7. The molecule has 4 aromatic rings. The first-order chi connectivity index (χ1) is 15.5. The number of hydrogen-bond acceptors (Lipinski definition) is 3. The number of nitro benzene ring substituents is 1. The fourth-order valence-electron chi connectivity index (χ4n) is 4.08. The molecule has 6 nitrogen and oxygen atoms in total. The fraction of sp³-hybridized carbons (Fsp3) is 0.115. The maximum absolute atomic E-state index is 12.1. The standard InChI is InChI=1S/C26H23N3O3/c1-18-23(26(27)30)16-25(21-12-14-22(15-13-21)29(31)32)28(18)17-24(19-8-4-2-5-9-19)20-10-6-3-7-11-20/h2-16,24H,17H2,1H3,(H2,27,30). The van der Waals surface area contributed by atoms with Gasteiger partial charge in [-0.15, -0.1) is 0 Å². The molecule has 0 saturated carbocycles. The van der Waals surface area contributed by atoms with E-state index in [9.17, 15) is 14.9 Å². The van der Waals surface area contributed by atoms with Crippen LogP contribution in [0.4, 0.5) is 5.69 Å². The maximum atomic E-state index is 12.1. The average molecular weight is 425 g/mol. The fourth-order valence-corrected chi connectivity index (χ4v) is 4.08. The summed E-state index contributed by atoms with van der Waals surface area (Å²) < 4.78 is 2.08. The second-order valence-corrected chi connectivity index (χ2v) is 7.68. The van der Waals surface area contributed by atoms with Gasteiger partial charge in [0.25, 0.3) is 11.6 Å². The van der Waals surface area contributed by atoms with Crippen LogP contribution in [-0.4, -0.2) is 15.4 Å². The predicted octanol–water partition coefficient (Wildman–Crippen LogP) is 5.30. The summed E-state index contributed by atoms with van der Waals surface area (Å²) in [6.45, 7) is 2.46. The molecule has 0 radical (unpaired) electrons. The Hall–Kier alpha value is -4.19. The molecular formula is C26H23N3O3. The minimum atomic E-state index is -0.500. The van der Waals surface area contributed by atoms with Gasteiger partial charge in [0.2, 0.25) is 0 Å². The number of nitrogens with zero attached hydrogens (tertiary/aromatic N) is 2. The summed E-state index contributed by atoms with van der Waals surface area (Å²) in [5.74, 6) is -0.457. The highest BCUT2D eigenvalue weighted by molar-refractivity contribution is 5.95. The van der Waals surface area contributed by atoms with Crippen LogP contribution in [0.1, 0.15) is 33.1 Å². The minimum Gasteiger partial charge on any atom is -0.366 e. The van der Waals surface area contributed by atoms with E-state index in [0.717, 1.165) is 28.1 Å². The Labute approximate surface area is 186 Å². The third kappa shape index (κ3) is 4.16. The quantitative estimate of drug-likeness (QED) is 0.322. The third-order valence-corrected chi connectivity index (χ3v) is 5.77. The van der Waals surface area contributed by atoms with Gasteiger partial charge in [-0.05, 0) is 41.8 Å². The molecule has 0 aliphatic rings. The first-order valence-corrected chi connectivity index (χ1v) is 10.3. The Morgan fingerprint density at radius 1 is 0.938 bits per heavy atom. The highest BCUT2D eigenvalue weighted by Gasteiger charge is 2.22. The van der Waals surface area contributed by atoms with Gasteiger partial charge in [0, 0.05) is 36.0 Å². The number of rotatable bonds is 7. The lowest BCUT2D eigenvalue weighted by molar-refractivity contribution is -0.384. The zero-order valence-corrected chi connectivity index (χ0v) is 17.6. The van der Waals surface area contributed by atoms with Crippen LogP contribution in [0.25, 0.3) is 11.3 Å². The maximum Gasteiger partial charge on any atom is 0.269 e. The van der Waals surface area contributed by atoms with E-state index in [4.69, 9.17) is 5.73 Å². The molecule has 6 heteroatoms. The predicted molar refractivity (Wildman–Crippen MR) is 125 cm³/mol. The Kier molecular flexibility index (Phi) is 5.85. The second-order valence-electron chi connectivity index (χ2n) is 7.68. The number of non-ortho nitro benzene ring substituents is 1. The SMILES string of the molecule is Cc1c(C(N)=O)cc(-c2ccc([N+](=O)[O-])cc2)n1CC(c1ccccc1)c1ccccc1. The average Bonchev–Trinajstić information content (AvgIpc) is 3.15. The lowest BCUT2D eigenvalue weighted by Gasteiger charge is -2.22. The molecule has 0 aliphatic carbocycles. The first-order valence-electron chi connectivity index (χ1n) is 10.3. The number of carbonyl (C=O) groups excluding carboxylic acids is 1. The Balaban J connectivity index is 1.84. The van der Waals surface area contributed by atoms with Gasteiger partial charge in [-0.25, -0.2) is 0 Å². The van der Waals surface area contributed by atoms with Crippen LogP contribution in [-0.2, 0) is 6.54 Å². The smallest absolute Gasteiger partial charge is 0.269 e. The summed E-state index contributed by atoms with van der Waals surface area (Å²) in [4.78, 5) is 22.7. The van der Waals surface area contributed by atoms with Crippen LogP contribution in [0.3, 0.4) is 0 Å². The Bertz CT molecular complexity index is 1210. The number of benzene rings is 3. The van der Waals surface area contributed by atoms with Crippen molar-refractivity contribution in [2.24, 2.45) is 5.73 Å². The molecule has 1 amide bonds. The molecule has 0 atom stereocenters. The van der Waals surface area contributed by atoms with Gasteiger partial charge in [0.05, 0.1) is 10.5 Å². The lowest BCUT2D eigenvalue weighted by atomic mass is 9.91. The largest absolute Gasteiger partial charge is 0.366 e. The summed E-state index contributed by atoms with van der Waals surface area (Å²) >= 11 is 0. The highest BCUT2D eigenvalue weighted by atomic mass is 16.6. The molecule has 0 unspecified atom stereocenters. The number of hydrogen-bond donors (Lipinski definition) is 1. The highest BCUT2D eigenvalue weighted by Crippen LogP contribution is 2.33. The monoisotopic (exact) mass is 425 g/mol. The molecule has 1 aromatic heterocycles. The topological polar surface area (TPSA) is 91.2 Å². The van der Waals surface area contributed by atoms with E-state index in [0.29, 0.717) is 12.1 Å². The van der Waals surface area contributed by atoms with E-state index in [1.165, 1.54) is 12.1 Å². The van der Waals surface area contributed by atoms with Crippen molar-refractivity contribution in [2.45, 2.75) is 19.4 Å². The summed E-state index contributed by atoms with van der Waals surface area (Å²) in [5, 5.41) is 11.1. The molecule has 0 aliphatic heterocycles. The molecule has 32 heavy (non-hydrogen) atoms. The summed E-state index contributed by atoms with van der Waals surface area (Å²) in [6, 6.07) is 28.5. The molecule has 3 aromatic carbocycles. The van der Waals surface area contributed by atoms with Gasteiger partial charge in [0.1, 0.15) is 0 Å².